The second kappa shape index (κ2) is 8.25. The van der Waals surface area contributed by atoms with Gasteiger partial charge in [0.05, 0.1) is 12.8 Å². The number of halogens is 1. The number of methoxy groups -OCH3 is 1. The Kier molecular flexibility index (Phi) is 6.33. The summed E-state index contributed by atoms with van der Waals surface area (Å²) >= 11 is 7.49. The maximum absolute atomic E-state index is 12.2. The predicted octanol–water partition coefficient (Wildman–Crippen LogP) is 1.96. The van der Waals surface area contributed by atoms with E-state index in [0.29, 0.717) is 22.9 Å². The van der Waals surface area contributed by atoms with E-state index in [1.54, 1.807) is 23.9 Å². The maximum Gasteiger partial charge on any atom is 0.325 e. The van der Waals surface area contributed by atoms with E-state index in [2.05, 4.69) is 10.6 Å². The van der Waals surface area contributed by atoms with Crippen molar-refractivity contribution in [1.82, 2.24) is 10.2 Å². The van der Waals surface area contributed by atoms with E-state index in [9.17, 15) is 14.4 Å². The van der Waals surface area contributed by atoms with Crippen molar-refractivity contribution in [2.24, 2.45) is 0 Å². The molecule has 1 aliphatic heterocycles. The van der Waals surface area contributed by atoms with Crippen molar-refractivity contribution in [2.45, 2.75) is 12.5 Å². The molecule has 0 spiro atoms. The quantitative estimate of drug-likeness (QED) is 0.715. The molecule has 1 heterocycles. The highest BCUT2D eigenvalue weighted by Gasteiger charge is 2.38. The minimum Gasteiger partial charge on any atom is -0.495 e. The molecule has 4 amide bonds. The molecule has 7 nitrogen and oxygen atoms in total. The van der Waals surface area contributed by atoms with Crippen molar-refractivity contribution in [3.8, 4) is 5.75 Å². The van der Waals surface area contributed by atoms with Crippen LogP contribution in [0.25, 0.3) is 0 Å². The Bertz CT molecular complexity index is 656. The highest BCUT2D eigenvalue weighted by Crippen LogP contribution is 2.27. The average molecular weight is 372 g/mol. The molecule has 1 aromatic rings. The van der Waals surface area contributed by atoms with Gasteiger partial charge in [0, 0.05) is 5.02 Å². The normalized spacial score (nSPS) is 17.0. The van der Waals surface area contributed by atoms with Gasteiger partial charge in [-0.25, -0.2) is 4.79 Å². The summed E-state index contributed by atoms with van der Waals surface area (Å²) in [6.07, 6.45) is 2.46. The van der Waals surface area contributed by atoms with E-state index in [1.807, 2.05) is 6.26 Å². The first kappa shape index (κ1) is 18.4. The molecule has 0 aliphatic carbocycles. The smallest absolute Gasteiger partial charge is 0.325 e. The molecule has 1 saturated heterocycles. The van der Waals surface area contributed by atoms with E-state index < -0.39 is 18.0 Å². The monoisotopic (exact) mass is 371 g/mol. The van der Waals surface area contributed by atoms with Gasteiger partial charge in [0.1, 0.15) is 18.3 Å². The number of nitrogens with one attached hydrogen (secondary N) is 2. The van der Waals surface area contributed by atoms with Crippen molar-refractivity contribution in [3.05, 3.63) is 23.2 Å². The van der Waals surface area contributed by atoms with Gasteiger partial charge in [-0.15, -0.1) is 0 Å². The highest BCUT2D eigenvalue weighted by molar-refractivity contribution is 7.98. The fraction of sp³-hybridized carbons (Fsp3) is 0.400. The van der Waals surface area contributed by atoms with Gasteiger partial charge < -0.3 is 15.4 Å². The van der Waals surface area contributed by atoms with Gasteiger partial charge in [-0.2, -0.15) is 11.8 Å². The lowest BCUT2D eigenvalue weighted by Gasteiger charge is -2.14. The molecule has 24 heavy (non-hydrogen) atoms. The van der Waals surface area contributed by atoms with Crippen LogP contribution in [0.3, 0.4) is 0 Å². The predicted molar refractivity (Wildman–Crippen MR) is 93.7 cm³/mol. The topological polar surface area (TPSA) is 87.7 Å². The molecule has 0 aromatic heterocycles. The first-order valence-electron chi connectivity index (χ1n) is 7.20. The summed E-state index contributed by atoms with van der Waals surface area (Å²) < 4.78 is 5.14. The molecule has 1 aliphatic rings. The third-order valence-corrected chi connectivity index (χ3v) is 4.33. The summed E-state index contributed by atoms with van der Waals surface area (Å²) in [5.41, 5.74) is 0.376. The van der Waals surface area contributed by atoms with E-state index in [1.165, 1.54) is 13.2 Å². The van der Waals surface area contributed by atoms with Gasteiger partial charge in [-0.1, -0.05) is 11.6 Å². The van der Waals surface area contributed by atoms with Gasteiger partial charge in [-0.05, 0) is 36.6 Å². The first-order chi connectivity index (χ1) is 11.5. The van der Waals surface area contributed by atoms with E-state index in [-0.39, 0.29) is 12.5 Å². The number of hydrogen-bond donors (Lipinski definition) is 2. The third-order valence-electron chi connectivity index (χ3n) is 3.45. The Morgan fingerprint density at radius 1 is 1.46 bits per heavy atom. The summed E-state index contributed by atoms with van der Waals surface area (Å²) in [5.74, 6) is 0.283. The molecule has 9 heteroatoms. The maximum atomic E-state index is 12.2. The number of hydrogen-bond acceptors (Lipinski definition) is 5. The summed E-state index contributed by atoms with van der Waals surface area (Å²) in [5, 5.41) is 5.62. The van der Waals surface area contributed by atoms with Crippen LogP contribution >= 0.6 is 23.4 Å². The van der Waals surface area contributed by atoms with Gasteiger partial charge in [0.15, 0.2) is 0 Å². The van der Waals surface area contributed by atoms with Gasteiger partial charge >= 0.3 is 6.03 Å². The molecule has 0 bridgehead atoms. The molecule has 1 aromatic carbocycles. The lowest BCUT2D eigenvalue weighted by molar-refractivity contribution is -0.130. The molecule has 2 N–H and O–H groups in total. The number of thioether (sulfide) groups is 1. The van der Waals surface area contributed by atoms with Crippen molar-refractivity contribution < 1.29 is 19.1 Å². The fourth-order valence-electron chi connectivity index (χ4n) is 2.27. The number of anilines is 1. The van der Waals surface area contributed by atoms with Crippen LogP contribution in [-0.2, 0) is 9.59 Å². The van der Waals surface area contributed by atoms with Gasteiger partial charge in [0.2, 0.25) is 5.91 Å². The van der Waals surface area contributed by atoms with Crippen LogP contribution in [0.15, 0.2) is 18.2 Å². The molecule has 1 fully saturated rings. The molecule has 0 saturated carbocycles. The van der Waals surface area contributed by atoms with Crippen LogP contribution in [0.5, 0.6) is 5.75 Å². The third kappa shape index (κ3) is 4.33. The lowest BCUT2D eigenvalue weighted by Crippen LogP contribution is -2.38. The van der Waals surface area contributed by atoms with Crippen LogP contribution in [0.2, 0.25) is 5.02 Å². The van der Waals surface area contributed by atoms with Gasteiger partial charge in [-0.3, -0.25) is 14.5 Å². The zero-order chi connectivity index (χ0) is 17.7. The minimum atomic E-state index is -0.571. The lowest BCUT2D eigenvalue weighted by atomic mass is 10.2. The number of imide groups is 1. The molecular formula is C15H18ClN3O4S. The van der Waals surface area contributed by atoms with Crippen LogP contribution in [0.1, 0.15) is 6.42 Å². The molecule has 1 atom stereocenters. The average Bonchev–Trinajstić information content (AvgIpc) is 2.80. The molecule has 1 unspecified atom stereocenters. The zero-order valence-electron chi connectivity index (χ0n) is 13.3. The fourth-order valence-corrected chi connectivity index (χ4v) is 2.91. The Morgan fingerprint density at radius 2 is 2.21 bits per heavy atom. The number of benzene rings is 1. The van der Waals surface area contributed by atoms with Crippen LogP contribution < -0.4 is 15.4 Å². The number of urea groups is 1. The van der Waals surface area contributed by atoms with Crippen LogP contribution in [0.4, 0.5) is 10.5 Å². The largest absolute Gasteiger partial charge is 0.495 e. The molecular weight excluding hydrogens is 354 g/mol. The van der Waals surface area contributed by atoms with Crippen molar-refractivity contribution in [3.63, 3.8) is 0 Å². The SMILES string of the molecule is COc1ccc(Cl)cc1NC(=O)CN1C(=O)NC(CCSC)C1=O. The highest BCUT2D eigenvalue weighted by atomic mass is 35.5. The Balaban J connectivity index is 2.01. The van der Waals surface area contributed by atoms with Crippen LogP contribution in [-0.4, -0.2) is 54.5 Å². The van der Waals surface area contributed by atoms with E-state index in [4.69, 9.17) is 16.3 Å². The second-order valence-electron chi connectivity index (χ2n) is 5.10. The molecule has 130 valence electrons. The van der Waals surface area contributed by atoms with E-state index in [0.717, 1.165) is 10.7 Å². The number of rotatable bonds is 7. The Morgan fingerprint density at radius 3 is 2.88 bits per heavy atom. The minimum absolute atomic E-state index is 0.365. The van der Waals surface area contributed by atoms with Crippen molar-refractivity contribution in [1.29, 1.82) is 0 Å². The number of ether oxygens (including phenoxy) is 1. The molecule has 0 radical (unpaired) electrons. The summed E-state index contributed by atoms with van der Waals surface area (Å²) in [6.45, 7) is -0.365. The number of amides is 4. The zero-order valence-corrected chi connectivity index (χ0v) is 14.9. The number of carbonyl (C=O) groups is 3. The number of carbonyl (C=O) groups excluding carboxylic acids is 3. The van der Waals surface area contributed by atoms with E-state index >= 15 is 0 Å². The Hall–Kier alpha value is -1.93. The van der Waals surface area contributed by atoms with Crippen molar-refractivity contribution in [2.75, 3.05) is 31.0 Å². The first-order valence-corrected chi connectivity index (χ1v) is 8.97. The summed E-state index contributed by atoms with van der Waals surface area (Å²) in [6, 6.07) is 3.65. The molecule has 2 rings (SSSR count). The second-order valence-corrected chi connectivity index (χ2v) is 6.52. The number of nitrogens with zero attached hydrogens (tertiary/aromatic N) is 1. The Labute approximate surface area is 149 Å². The summed E-state index contributed by atoms with van der Waals surface area (Å²) in [4.78, 5) is 37.2. The van der Waals surface area contributed by atoms with Crippen LogP contribution in [0, 0.1) is 0 Å². The summed E-state index contributed by atoms with van der Waals surface area (Å²) in [7, 11) is 1.46. The van der Waals surface area contributed by atoms with Crippen molar-refractivity contribution >= 4 is 46.9 Å². The van der Waals surface area contributed by atoms with Gasteiger partial charge in [0.25, 0.3) is 5.91 Å². The standard InChI is InChI=1S/C15H18ClN3O4S/c1-23-12-4-3-9(16)7-11(12)17-13(20)8-19-14(21)10(5-6-24-2)18-15(19)22/h3-4,7,10H,5-6,8H2,1-2H3,(H,17,20)(H,18,22).